The van der Waals surface area contributed by atoms with Crippen LogP contribution in [0, 0.1) is 6.92 Å². The number of thiophene rings is 2. The summed E-state index contributed by atoms with van der Waals surface area (Å²) in [6.45, 7) is 3.94. The fraction of sp³-hybridized carbons (Fsp3) is 0.286. The average Bonchev–Trinajstić information content (AvgIpc) is 2.99. The molecule has 0 saturated heterocycles. The number of aryl methyl sites for hydroxylation is 1. The monoisotopic (exact) mass is 309 g/mol. The molecule has 0 spiro atoms. The minimum absolute atomic E-state index is 0.0833. The van der Waals surface area contributed by atoms with E-state index in [-0.39, 0.29) is 11.9 Å². The maximum atomic E-state index is 11.9. The number of esters is 1. The molecule has 2 aromatic heterocycles. The third-order valence-corrected chi connectivity index (χ3v) is 4.45. The molecule has 0 radical (unpaired) electrons. The SMILES string of the molecule is CCOC(=O)c1sc(NC(=O)Cc2ccsc2)cc1C. The van der Waals surface area contributed by atoms with Gasteiger partial charge in [-0.1, -0.05) is 0 Å². The van der Waals surface area contributed by atoms with Gasteiger partial charge in [-0.25, -0.2) is 4.79 Å². The van der Waals surface area contributed by atoms with E-state index in [9.17, 15) is 9.59 Å². The molecule has 6 heteroatoms. The van der Waals surface area contributed by atoms with Crippen molar-refractivity contribution in [1.29, 1.82) is 0 Å². The van der Waals surface area contributed by atoms with Gasteiger partial charge in [0.05, 0.1) is 18.0 Å². The van der Waals surface area contributed by atoms with E-state index in [1.165, 1.54) is 11.3 Å². The minimum atomic E-state index is -0.340. The van der Waals surface area contributed by atoms with Crippen LogP contribution in [-0.2, 0) is 16.0 Å². The smallest absolute Gasteiger partial charge is 0.348 e. The molecule has 1 N–H and O–H groups in total. The Labute approximate surface area is 125 Å². The standard InChI is InChI=1S/C14H15NO3S2/c1-3-18-14(17)13-9(2)6-12(20-13)15-11(16)7-10-4-5-19-8-10/h4-6,8H,3,7H2,1-2H3,(H,15,16). The molecule has 4 nitrogen and oxygen atoms in total. The van der Waals surface area contributed by atoms with Crippen LogP contribution < -0.4 is 5.32 Å². The molecule has 0 saturated carbocycles. The van der Waals surface area contributed by atoms with Crippen LogP contribution in [0.2, 0.25) is 0 Å². The Kier molecular flexibility index (Phi) is 4.92. The van der Waals surface area contributed by atoms with Gasteiger partial charge < -0.3 is 10.1 Å². The molecule has 2 aromatic rings. The van der Waals surface area contributed by atoms with Gasteiger partial charge in [-0.15, -0.1) is 11.3 Å². The Morgan fingerprint density at radius 3 is 2.85 bits per heavy atom. The molecule has 0 fully saturated rings. The predicted octanol–water partition coefficient (Wildman–Crippen LogP) is 3.48. The molecule has 0 aliphatic carbocycles. The van der Waals surface area contributed by atoms with E-state index in [4.69, 9.17) is 4.74 Å². The van der Waals surface area contributed by atoms with Gasteiger partial charge in [0.25, 0.3) is 0 Å². The van der Waals surface area contributed by atoms with Gasteiger partial charge in [-0.3, -0.25) is 4.79 Å². The maximum Gasteiger partial charge on any atom is 0.348 e. The molecule has 0 bridgehead atoms. The summed E-state index contributed by atoms with van der Waals surface area (Å²) in [5.41, 5.74) is 1.81. The van der Waals surface area contributed by atoms with Crippen LogP contribution in [0.5, 0.6) is 0 Å². The van der Waals surface area contributed by atoms with E-state index in [0.29, 0.717) is 22.9 Å². The fourth-order valence-electron chi connectivity index (χ4n) is 1.70. The lowest BCUT2D eigenvalue weighted by atomic mass is 10.2. The lowest BCUT2D eigenvalue weighted by Crippen LogP contribution is -2.12. The highest BCUT2D eigenvalue weighted by molar-refractivity contribution is 7.18. The quantitative estimate of drug-likeness (QED) is 0.860. The van der Waals surface area contributed by atoms with Gasteiger partial charge in [0.15, 0.2) is 0 Å². The van der Waals surface area contributed by atoms with Crippen LogP contribution in [0.25, 0.3) is 0 Å². The topological polar surface area (TPSA) is 55.4 Å². The third kappa shape index (κ3) is 3.68. The van der Waals surface area contributed by atoms with Gasteiger partial charge >= 0.3 is 5.97 Å². The van der Waals surface area contributed by atoms with Crippen molar-refractivity contribution >= 4 is 39.6 Å². The first-order chi connectivity index (χ1) is 9.60. The summed E-state index contributed by atoms with van der Waals surface area (Å²) in [7, 11) is 0. The van der Waals surface area contributed by atoms with Crippen molar-refractivity contribution in [2.24, 2.45) is 0 Å². The van der Waals surface area contributed by atoms with E-state index >= 15 is 0 Å². The Bertz CT molecular complexity index is 602. The van der Waals surface area contributed by atoms with E-state index in [2.05, 4.69) is 5.32 Å². The average molecular weight is 309 g/mol. The molecule has 0 aliphatic heterocycles. The van der Waals surface area contributed by atoms with Crippen LogP contribution in [0.1, 0.15) is 27.7 Å². The summed E-state index contributed by atoms with van der Waals surface area (Å²) in [5, 5.41) is 7.38. The third-order valence-electron chi connectivity index (χ3n) is 2.59. The van der Waals surface area contributed by atoms with Gasteiger partial charge in [-0.05, 0) is 47.9 Å². The van der Waals surface area contributed by atoms with Crippen molar-refractivity contribution in [2.75, 3.05) is 11.9 Å². The van der Waals surface area contributed by atoms with Crippen LogP contribution in [0.3, 0.4) is 0 Å². The van der Waals surface area contributed by atoms with Crippen molar-refractivity contribution in [2.45, 2.75) is 20.3 Å². The molecule has 1 amide bonds. The first-order valence-corrected chi connectivity index (χ1v) is 7.94. The predicted molar refractivity (Wildman–Crippen MR) is 81.7 cm³/mol. The number of rotatable bonds is 5. The van der Waals surface area contributed by atoms with Crippen molar-refractivity contribution in [3.8, 4) is 0 Å². The van der Waals surface area contributed by atoms with Crippen molar-refractivity contribution in [3.63, 3.8) is 0 Å². The number of hydrogen-bond acceptors (Lipinski definition) is 5. The van der Waals surface area contributed by atoms with Crippen LogP contribution >= 0.6 is 22.7 Å². The Morgan fingerprint density at radius 1 is 1.40 bits per heavy atom. The molecule has 106 valence electrons. The molecule has 0 atom stereocenters. The molecule has 0 unspecified atom stereocenters. The summed E-state index contributed by atoms with van der Waals surface area (Å²) in [6.07, 6.45) is 0.342. The maximum absolute atomic E-state index is 11.9. The Hall–Kier alpha value is -1.66. The van der Waals surface area contributed by atoms with Crippen molar-refractivity contribution < 1.29 is 14.3 Å². The van der Waals surface area contributed by atoms with Gasteiger partial charge in [0, 0.05) is 0 Å². The number of nitrogens with one attached hydrogen (secondary N) is 1. The number of ether oxygens (including phenoxy) is 1. The second-order valence-electron chi connectivity index (χ2n) is 4.20. The second-order valence-corrected chi connectivity index (χ2v) is 6.03. The molecule has 0 aromatic carbocycles. The molecule has 2 heterocycles. The second kappa shape index (κ2) is 6.67. The lowest BCUT2D eigenvalue weighted by Gasteiger charge is -2.00. The summed E-state index contributed by atoms with van der Waals surface area (Å²) >= 11 is 2.81. The Balaban J connectivity index is 2.01. The fourth-order valence-corrected chi connectivity index (χ4v) is 3.35. The van der Waals surface area contributed by atoms with E-state index in [0.717, 1.165) is 11.1 Å². The number of carbonyl (C=O) groups excluding carboxylic acids is 2. The highest BCUT2D eigenvalue weighted by atomic mass is 32.1. The lowest BCUT2D eigenvalue weighted by molar-refractivity contribution is -0.115. The first-order valence-electron chi connectivity index (χ1n) is 6.18. The highest BCUT2D eigenvalue weighted by Gasteiger charge is 2.15. The number of anilines is 1. The van der Waals surface area contributed by atoms with Gasteiger partial charge in [-0.2, -0.15) is 11.3 Å². The van der Waals surface area contributed by atoms with Crippen LogP contribution in [-0.4, -0.2) is 18.5 Å². The number of carbonyl (C=O) groups is 2. The normalized spacial score (nSPS) is 10.3. The zero-order valence-electron chi connectivity index (χ0n) is 11.3. The first kappa shape index (κ1) is 14.7. The number of amides is 1. The zero-order chi connectivity index (χ0) is 14.5. The largest absolute Gasteiger partial charge is 0.462 e. The number of hydrogen-bond donors (Lipinski definition) is 1. The Morgan fingerprint density at radius 2 is 2.20 bits per heavy atom. The zero-order valence-corrected chi connectivity index (χ0v) is 12.9. The van der Waals surface area contributed by atoms with Crippen molar-refractivity contribution in [1.82, 2.24) is 0 Å². The molecule has 20 heavy (non-hydrogen) atoms. The van der Waals surface area contributed by atoms with Crippen LogP contribution in [0.4, 0.5) is 5.00 Å². The minimum Gasteiger partial charge on any atom is -0.462 e. The molecular weight excluding hydrogens is 294 g/mol. The molecule has 2 rings (SSSR count). The van der Waals surface area contributed by atoms with Crippen LogP contribution in [0.15, 0.2) is 22.9 Å². The molecular formula is C14H15NO3S2. The van der Waals surface area contributed by atoms with E-state index in [1.807, 2.05) is 23.8 Å². The summed E-state index contributed by atoms with van der Waals surface area (Å²) in [4.78, 5) is 24.1. The summed E-state index contributed by atoms with van der Waals surface area (Å²) < 4.78 is 4.97. The van der Waals surface area contributed by atoms with Gasteiger partial charge in [0.1, 0.15) is 4.88 Å². The summed E-state index contributed by atoms with van der Waals surface area (Å²) in [6, 6.07) is 3.72. The van der Waals surface area contributed by atoms with E-state index in [1.54, 1.807) is 24.3 Å². The summed E-state index contributed by atoms with van der Waals surface area (Å²) in [5.74, 6) is -0.423. The molecule has 0 aliphatic rings. The van der Waals surface area contributed by atoms with E-state index < -0.39 is 0 Å². The highest BCUT2D eigenvalue weighted by Crippen LogP contribution is 2.27. The van der Waals surface area contributed by atoms with Gasteiger partial charge in [0.2, 0.25) is 5.91 Å². The van der Waals surface area contributed by atoms with Crippen molar-refractivity contribution in [3.05, 3.63) is 38.9 Å².